The molecule has 1 atom stereocenters. The lowest BCUT2D eigenvalue weighted by Gasteiger charge is -2.27. The Morgan fingerprint density at radius 1 is 1.33 bits per heavy atom. The van der Waals surface area contributed by atoms with Gasteiger partial charge in [0.05, 0.1) is 0 Å². The molecule has 1 aromatic carbocycles. The lowest BCUT2D eigenvalue weighted by atomic mass is 9.83. The highest BCUT2D eigenvalue weighted by Crippen LogP contribution is 2.29. The van der Waals surface area contributed by atoms with Crippen molar-refractivity contribution >= 4 is 0 Å². The van der Waals surface area contributed by atoms with Crippen molar-refractivity contribution in [2.45, 2.75) is 45.1 Å². The third-order valence-corrected chi connectivity index (χ3v) is 4.22. The van der Waals surface area contributed by atoms with Crippen LogP contribution in [-0.2, 0) is 6.42 Å². The van der Waals surface area contributed by atoms with Crippen LogP contribution in [0.3, 0.4) is 0 Å². The zero-order chi connectivity index (χ0) is 12.8. The van der Waals surface area contributed by atoms with Crippen LogP contribution in [0.4, 0.5) is 0 Å². The third-order valence-electron chi connectivity index (χ3n) is 4.22. The smallest absolute Gasteiger partial charge is 0.0447 e. The molecule has 1 aromatic rings. The van der Waals surface area contributed by atoms with Gasteiger partial charge in [0, 0.05) is 12.6 Å². The molecule has 0 amide bonds. The largest absolute Gasteiger partial charge is 0.329 e. The number of nitrogens with one attached hydrogen (secondary N) is 1. The molecule has 0 aromatic heterocycles. The summed E-state index contributed by atoms with van der Waals surface area (Å²) in [4.78, 5) is 0. The molecule has 1 unspecified atom stereocenters. The summed E-state index contributed by atoms with van der Waals surface area (Å²) < 4.78 is 0. The van der Waals surface area contributed by atoms with E-state index >= 15 is 0 Å². The van der Waals surface area contributed by atoms with Gasteiger partial charge < -0.3 is 11.1 Å². The van der Waals surface area contributed by atoms with Gasteiger partial charge in [0.15, 0.2) is 0 Å². The van der Waals surface area contributed by atoms with E-state index in [9.17, 15) is 0 Å². The molecule has 0 bridgehead atoms. The molecule has 1 aliphatic rings. The van der Waals surface area contributed by atoms with Crippen molar-refractivity contribution in [1.82, 2.24) is 5.32 Å². The van der Waals surface area contributed by atoms with E-state index < -0.39 is 0 Å². The second-order valence-electron chi connectivity index (χ2n) is 5.38. The molecule has 1 aliphatic carbocycles. The van der Waals surface area contributed by atoms with Gasteiger partial charge in [-0.2, -0.15) is 0 Å². The fourth-order valence-corrected chi connectivity index (χ4v) is 2.76. The summed E-state index contributed by atoms with van der Waals surface area (Å²) in [6, 6.07) is 8.98. The van der Waals surface area contributed by atoms with E-state index in [2.05, 4.69) is 36.5 Å². The Balaban J connectivity index is 1.89. The average molecular weight is 246 g/mol. The Bertz CT molecular complexity index is 358. The zero-order valence-corrected chi connectivity index (χ0v) is 11.5. The van der Waals surface area contributed by atoms with Crippen LogP contribution in [-0.4, -0.2) is 13.1 Å². The summed E-state index contributed by atoms with van der Waals surface area (Å²) in [6.45, 7) is 3.99. The van der Waals surface area contributed by atoms with Crippen LogP contribution < -0.4 is 11.1 Å². The van der Waals surface area contributed by atoms with Gasteiger partial charge in [-0.3, -0.25) is 0 Å². The van der Waals surface area contributed by atoms with Crippen molar-refractivity contribution < 1.29 is 0 Å². The minimum atomic E-state index is 0.321. The lowest BCUT2D eigenvalue weighted by Crippen LogP contribution is -2.31. The van der Waals surface area contributed by atoms with Crippen LogP contribution >= 0.6 is 0 Å². The van der Waals surface area contributed by atoms with Gasteiger partial charge in [-0.15, -0.1) is 0 Å². The van der Waals surface area contributed by atoms with E-state index in [1.54, 1.807) is 0 Å². The second-order valence-corrected chi connectivity index (χ2v) is 5.38. The number of nitrogens with two attached hydrogens (primary N) is 1. The molecule has 2 nitrogen and oxygen atoms in total. The molecule has 100 valence electrons. The molecule has 0 spiro atoms. The summed E-state index contributed by atoms with van der Waals surface area (Å²) in [5.74, 6) is 0.970. The highest BCUT2D eigenvalue weighted by molar-refractivity contribution is 5.30. The summed E-state index contributed by atoms with van der Waals surface area (Å²) in [6.07, 6.45) is 6.69. The second kappa shape index (κ2) is 6.91. The van der Waals surface area contributed by atoms with Crippen molar-refractivity contribution in [3.05, 3.63) is 35.4 Å². The summed E-state index contributed by atoms with van der Waals surface area (Å²) in [5, 5.41) is 3.63. The van der Waals surface area contributed by atoms with Gasteiger partial charge in [-0.05, 0) is 36.4 Å². The maximum atomic E-state index is 5.93. The number of hydrogen-bond donors (Lipinski definition) is 2. The SMILES string of the molecule is CCc1ccccc1C(CN)NCCC1CCC1. The molecule has 2 rings (SSSR count). The van der Waals surface area contributed by atoms with E-state index in [4.69, 9.17) is 5.73 Å². The maximum absolute atomic E-state index is 5.93. The molecule has 0 saturated heterocycles. The Labute approximate surface area is 111 Å². The number of benzene rings is 1. The summed E-state index contributed by atoms with van der Waals surface area (Å²) in [7, 11) is 0. The first-order chi connectivity index (χ1) is 8.85. The quantitative estimate of drug-likeness (QED) is 0.776. The highest BCUT2D eigenvalue weighted by atomic mass is 14.9. The van der Waals surface area contributed by atoms with E-state index in [1.165, 1.54) is 36.8 Å². The third kappa shape index (κ3) is 3.33. The van der Waals surface area contributed by atoms with Crippen LogP contribution in [0.1, 0.15) is 49.8 Å². The first-order valence-corrected chi connectivity index (χ1v) is 7.36. The Hall–Kier alpha value is -0.860. The molecule has 1 fully saturated rings. The molecule has 2 heteroatoms. The number of hydrogen-bond acceptors (Lipinski definition) is 2. The number of rotatable bonds is 7. The molecule has 0 aliphatic heterocycles. The van der Waals surface area contributed by atoms with Crippen molar-refractivity contribution in [3.63, 3.8) is 0 Å². The van der Waals surface area contributed by atoms with Crippen LogP contribution in [0, 0.1) is 5.92 Å². The maximum Gasteiger partial charge on any atom is 0.0447 e. The molecule has 18 heavy (non-hydrogen) atoms. The standard InChI is InChI=1S/C16H26N2/c1-2-14-8-3-4-9-15(14)16(12-17)18-11-10-13-6-5-7-13/h3-4,8-9,13,16,18H,2,5-7,10-12,17H2,1H3. The van der Waals surface area contributed by atoms with Crippen molar-refractivity contribution in [2.75, 3.05) is 13.1 Å². The highest BCUT2D eigenvalue weighted by Gasteiger charge is 2.18. The summed E-state index contributed by atoms with van der Waals surface area (Å²) in [5.41, 5.74) is 8.74. The molecule has 0 heterocycles. The first-order valence-electron chi connectivity index (χ1n) is 7.36. The number of aryl methyl sites for hydroxylation is 1. The predicted molar refractivity (Wildman–Crippen MR) is 77.6 cm³/mol. The molecule has 3 N–H and O–H groups in total. The Kier molecular flexibility index (Phi) is 5.21. The Morgan fingerprint density at radius 3 is 2.72 bits per heavy atom. The van der Waals surface area contributed by atoms with Gasteiger partial charge in [-0.25, -0.2) is 0 Å². The summed E-state index contributed by atoms with van der Waals surface area (Å²) >= 11 is 0. The van der Waals surface area contributed by atoms with E-state index in [0.717, 1.165) is 18.9 Å². The fraction of sp³-hybridized carbons (Fsp3) is 0.625. The van der Waals surface area contributed by atoms with Crippen LogP contribution in [0.2, 0.25) is 0 Å². The van der Waals surface area contributed by atoms with Crippen molar-refractivity contribution in [1.29, 1.82) is 0 Å². The van der Waals surface area contributed by atoms with Gasteiger partial charge in [0.1, 0.15) is 0 Å². The first kappa shape index (κ1) is 13.6. The molecule has 0 radical (unpaired) electrons. The van der Waals surface area contributed by atoms with E-state index in [1.807, 2.05) is 0 Å². The van der Waals surface area contributed by atoms with Crippen LogP contribution in [0.15, 0.2) is 24.3 Å². The molecule has 1 saturated carbocycles. The minimum absolute atomic E-state index is 0.321. The van der Waals surface area contributed by atoms with Crippen LogP contribution in [0.25, 0.3) is 0 Å². The van der Waals surface area contributed by atoms with E-state index in [-0.39, 0.29) is 0 Å². The zero-order valence-electron chi connectivity index (χ0n) is 11.5. The topological polar surface area (TPSA) is 38.0 Å². The van der Waals surface area contributed by atoms with Crippen molar-refractivity contribution in [3.8, 4) is 0 Å². The van der Waals surface area contributed by atoms with E-state index in [0.29, 0.717) is 12.6 Å². The normalized spacial score (nSPS) is 17.4. The van der Waals surface area contributed by atoms with Gasteiger partial charge in [-0.1, -0.05) is 50.5 Å². The Morgan fingerprint density at radius 2 is 2.11 bits per heavy atom. The van der Waals surface area contributed by atoms with Gasteiger partial charge in [0.2, 0.25) is 0 Å². The van der Waals surface area contributed by atoms with Gasteiger partial charge >= 0.3 is 0 Å². The predicted octanol–water partition coefficient (Wildman–Crippen LogP) is 3.03. The van der Waals surface area contributed by atoms with Crippen molar-refractivity contribution in [2.24, 2.45) is 11.7 Å². The molecular formula is C16H26N2. The lowest BCUT2D eigenvalue weighted by molar-refractivity contribution is 0.287. The monoisotopic (exact) mass is 246 g/mol. The van der Waals surface area contributed by atoms with Crippen LogP contribution in [0.5, 0.6) is 0 Å². The molecular weight excluding hydrogens is 220 g/mol. The fourth-order valence-electron chi connectivity index (χ4n) is 2.76. The minimum Gasteiger partial charge on any atom is -0.329 e. The van der Waals surface area contributed by atoms with Gasteiger partial charge in [0.25, 0.3) is 0 Å². The average Bonchev–Trinajstić information content (AvgIpc) is 2.37.